The van der Waals surface area contributed by atoms with E-state index in [9.17, 15) is 5.11 Å². The van der Waals surface area contributed by atoms with Gasteiger partial charge in [0, 0.05) is 48.3 Å². The lowest BCUT2D eigenvalue weighted by atomic mass is 10.1. The van der Waals surface area contributed by atoms with Crippen LogP contribution in [0.1, 0.15) is 32.6 Å². The van der Waals surface area contributed by atoms with Gasteiger partial charge in [-0.25, -0.2) is 0 Å². The number of nitrogens with zero attached hydrogens (tertiary/aromatic N) is 2. The van der Waals surface area contributed by atoms with Gasteiger partial charge in [-0.1, -0.05) is 22.4 Å². The third kappa shape index (κ3) is 5.99. The number of benzene rings is 1. The molecule has 3 atom stereocenters. The Morgan fingerprint density at radius 1 is 1.27 bits per heavy atom. The fraction of sp³-hybridized carbons (Fsp3) is 0.632. The lowest BCUT2D eigenvalue weighted by molar-refractivity contribution is 0.136. The molecular weight excluding hydrogens is 507 g/mol. The van der Waals surface area contributed by atoms with E-state index in [0.29, 0.717) is 18.5 Å². The molecule has 0 aromatic heterocycles. The zero-order valence-electron chi connectivity index (χ0n) is 15.3. The van der Waals surface area contributed by atoms with Crippen molar-refractivity contribution in [1.82, 2.24) is 10.6 Å². The highest BCUT2D eigenvalue weighted by molar-refractivity contribution is 14.0. The molecule has 1 aromatic rings. The molecule has 0 bridgehead atoms. The average molecular weight is 537 g/mol. The topological polar surface area (TPSA) is 59.9 Å². The smallest absolute Gasteiger partial charge is 0.191 e. The number of hydrogen-bond donors (Lipinski definition) is 3. The number of anilines is 1. The van der Waals surface area contributed by atoms with E-state index < -0.39 is 0 Å². The van der Waals surface area contributed by atoms with E-state index in [1.807, 2.05) is 0 Å². The van der Waals surface area contributed by atoms with Crippen molar-refractivity contribution >= 4 is 51.6 Å². The maximum absolute atomic E-state index is 9.98. The molecule has 5 nitrogen and oxygen atoms in total. The van der Waals surface area contributed by atoms with Crippen LogP contribution >= 0.6 is 39.9 Å². The average Bonchev–Trinajstić information content (AvgIpc) is 3.23. The van der Waals surface area contributed by atoms with Crippen LogP contribution in [-0.2, 0) is 0 Å². The quantitative estimate of drug-likeness (QED) is 0.307. The molecule has 1 aliphatic carbocycles. The molecule has 3 rings (SSSR count). The standard InChI is InChI=1S/C19H29BrN4O.HI/c1-2-21-19(22-12-14-4-3-5-18(14)25)23-16-10-11-24(13-16)17-8-6-15(20)7-9-17;/h6-9,14,16,18,25H,2-5,10-13H2,1H3,(H2,21,22,23);1H. The SMILES string of the molecule is CCNC(=NCC1CCCC1O)NC1CCN(c2ccc(Br)cc2)C1.I. The Morgan fingerprint density at radius 2 is 2.04 bits per heavy atom. The van der Waals surface area contributed by atoms with Gasteiger partial charge in [0.1, 0.15) is 0 Å². The largest absolute Gasteiger partial charge is 0.393 e. The lowest BCUT2D eigenvalue weighted by Gasteiger charge is -2.21. The van der Waals surface area contributed by atoms with Crippen LogP contribution in [0.5, 0.6) is 0 Å². The number of guanidine groups is 1. The molecule has 146 valence electrons. The van der Waals surface area contributed by atoms with Gasteiger partial charge in [0.25, 0.3) is 0 Å². The molecule has 2 fully saturated rings. The van der Waals surface area contributed by atoms with Crippen LogP contribution in [0.3, 0.4) is 0 Å². The van der Waals surface area contributed by atoms with Gasteiger partial charge >= 0.3 is 0 Å². The van der Waals surface area contributed by atoms with Crippen LogP contribution in [0.4, 0.5) is 5.69 Å². The minimum Gasteiger partial charge on any atom is -0.393 e. The van der Waals surface area contributed by atoms with E-state index in [1.54, 1.807) is 0 Å². The first-order valence-corrected chi connectivity index (χ1v) is 10.2. The van der Waals surface area contributed by atoms with E-state index in [0.717, 1.165) is 55.7 Å². The number of hydrogen-bond acceptors (Lipinski definition) is 3. The van der Waals surface area contributed by atoms with Gasteiger partial charge in [-0.3, -0.25) is 4.99 Å². The number of aliphatic hydroxyl groups excluding tert-OH is 1. The number of halogens is 2. The van der Waals surface area contributed by atoms with Crippen molar-refractivity contribution in [2.75, 3.05) is 31.1 Å². The summed E-state index contributed by atoms with van der Waals surface area (Å²) in [5.74, 6) is 1.20. The maximum Gasteiger partial charge on any atom is 0.191 e. The highest BCUT2D eigenvalue weighted by Crippen LogP contribution is 2.25. The summed E-state index contributed by atoms with van der Waals surface area (Å²) >= 11 is 3.49. The Hall–Kier alpha value is -0.540. The fourth-order valence-corrected chi connectivity index (χ4v) is 3.98. The molecule has 26 heavy (non-hydrogen) atoms. The zero-order chi connectivity index (χ0) is 17.6. The van der Waals surface area contributed by atoms with Gasteiger partial charge in [-0.05, 0) is 50.5 Å². The number of aliphatic hydroxyl groups is 1. The first-order valence-electron chi connectivity index (χ1n) is 9.39. The van der Waals surface area contributed by atoms with Crippen LogP contribution in [0.25, 0.3) is 0 Å². The van der Waals surface area contributed by atoms with Gasteiger partial charge in [0.2, 0.25) is 0 Å². The second kappa shape index (κ2) is 10.7. The van der Waals surface area contributed by atoms with Crippen LogP contribution < -0.4 is 15.5 Å². The molecule has 2 aliphatic rings. The van der Waals surface area contributed by atoms with Crippen molar-refractivity contribution in [2.45, 2.75) is 44.8 Å². The summed E-state index contributed by atoms with van der Waals surface area (Å²) in [7, 11) is 0. The van der Waals surface area contributed by atoms with E-state index in [2.05, 4.69) is 62.7 Å². The summed E-state index contributed by atoms with van der Waals surface area (Å²) in [6, 6.07) is 8.90. The van der Waals surface area contributed by atoms with Crippen LogP contribution in [0, 0.1) is 5.92 Å². The molecule has 1 saturated carbocycles. The Labute approximate surface area is 182 Å². The van der Waals surface area contributed by atoms with E-state index in [-0.39, 0.29) is 30.1 Å². The van der Waals surface area contributed by atoms with Crippen molar-refractivity contribution in [3.05, 3.63) is 28.7 Å². The Balaban J connectivity index is 0.00000243. The summed E-state index contributed by atoms with van der Waals surface area (Å²) in [6.45, 7) is 5.68. The Kier molecular flexibility index (Phi) is 8.96. The van der Waals surface area contributed by atoms with Crippen molar-refractivity contribution < 1.29 is 5.11 Å². The van der Waals surface area contributed by atoms with E-state index >= 15 is 0 Å². The third-order valence-corrected chi connectivity index (χ3v) is 5.70. The molecule has 7 heteroatoms. The van der Waals surface area contributed by atoms with Gasteiger partial charge in [-0.15, -0.1) is 24.0 Å². The second-order valence-electron chi connectivity index (χ2n) is 7.03. The van der Waals surface area contributed by atoms with Gasteiger partial charge in [0.05, 0.1) is 6.10 Å². The predicted octanol–water partition coefficient (Wildman–Crippen LogP) is 3.36. The maximum atomic E-state index is 9.98. The normalized spacial score (nSPS) is 25.9. The fourth-order valence-electron chi connectivity index (χ4n) is 3.72. The summed E-state index contributed by atoms with van der Waals surface area (Å²) in [6.07, 6.45) is 4.06. The van der Waals surface area contributed by atoms with Crippen molar-refractivity contribution in [3.8, 4) is 0 Å². The predicted molar refractivity (Wildman–Crippen MR) is 123 cm³/mol. The van der Waals surface area contributed by atoms with Crippen molar-refractivity contribution in [2.24, 2.45) is 10.9 Å². The minimum atomic E-state index is -0.175. The Morgan fingerprint density at radius 3 is 2.69 bits per heavy atom. The lowest BCUT2D eigenvalue weighted by Crippen LogP contribution is -2.45. The molecule has 0 spiro atoms. The highest BCUT2D eigenvalue weighted by Gasteiger charge is 2.26. The molecule has 3 N–H and O–H groups in total. The van der Waals surface area contributed by atoms with Crippen LogP contribution in [0.15, 0.2) is 33.7 Å². The number of aliphatic imine (C=N–C) groups is 1. The van der Waals surface area contributed by atoms with Gasteiger partial charge < -0.3 is 20.6 Å². The molecule has 0 amide bonds. The van der Waals surface area contributed by atoms with Gasteiger partial charge in [-0.2, -0.15) is 0 Å². The third-order valence-electron chi connectivity index (χ3n) is 5.17. The first-order chi connectivity index (χ1) is 12.2. The van der Waals surface area contributed by atoms with Crippen molar-refractivity contribution in [1.29, 1.82) is 0 Å². The molecule has 1 aliphatic heterocycles. The Bertz CT molecular complexity index is 583. The minimum absolute atomic E-state index is 0. The highest BCUT2D eigenvalue weighted by atomic mass is 127. The molecule has 1 saturated heterocycles. The molecule has 1 aromatic carbocycles. The number of nitrogens with one attached hydrogen (secondary N) is 2. The summed E-state index contributed by atoms with van der Waals surface area (Å²) < 4.78 is 1.11. The van der Waals surface area contributed by atoms with Crippen LogP contribution in [0.2, 0.25) is 0 Å². The summed E-state index contributed by atoms with van der Waals surface area (Å²) in [5.41, 5.74) is 1.27. The van der Waals surface area contributed by atoms with Gasteiger partial charge in [0.15, 0.2) is 5.96 Å². The summed E-state index contributed by atoms with van der Waals surface area (Å²) in [4.78, 5) is 7.14. The van der Waals surface area contributed by atoms with Crippen molar-refractivity contribution in [3.63, 3.8) is 0 Å². The first kappa shape index (κ1) is 21.8. The molecule has 0 radical (unpaired) electrons. The molecule has 3 unspecified atom stereocenters. The molecular formula is C19H30BrIN4O. The zero-order valence-corrected chi connectivity index (χ0v) is 19.2. The number of rotatable bonds is 5. The monoisotopic (exact) mass is 536 g/mol. The van der Waals surface area contributed by atoms with Crippen LogP contribution in [-0.4, -0.2) is 49.4 Å². The second-order valence-corrected chi connectivity index (χ2v) is 7.95. The van der Waals surface area contributed by atoms with E-state index in [4.69, 9.17) is 4.99 Å². The van der Waals surface area contributed by atoms with E-state index in [1.165, 1.54) is 5.69 Å². The molecule has 1 heterocycles. The summed E-state index contributed by atoms with van der Waals surface area (Å²) in [5, 5.41) is 16.9.